The van der Waals surface area contributed by atoms with Crippen LogP contribution in [0.4, 0.5) is 0 Å². The zero-order chi connectivity index (χ0) is 9.26. The lowest BCUT2D eigenvalue weighted by Crippen LogP contribution is -2.43. The molecule has 0 bridgehead atoms. The number of likely N-dealkylation sites (tertiary alicyclic amines) is 1. The van der Waals surface area contributed by atoms with Crippen LogP contribution in [-0.2, 0) is 4.79 Å². The molecule has 0 spiro atoms. The van der Waals surface area contributed by atoms with Crippen LogP contribution in [0.15, 0.2) is 0 Å². The Hall–Kier alpha value is -0.610. The molecular weight excluding hydrogens is 166 g/mol. The predicted octanol–water partition coefficient (Wildman–Crippen LogP) is -0.702. The average molecular weight is 183 g/mol. The molecule has 74 valence electrons. The summed E-state index contributed by atoms with van der Waals surface area (Å²) in [7, 11) is 0. The number of rotatable bonds is 1. The number of nitrogens with zero attached hydrogens (tertiary/aromatic N) is 1. The molecule has 0 aromatic carbocycles. The molecule has 2 atom stereocenters. The van der Waals surface area contributed by atoms with Crippen LogP contribution in [0.1, 0.15) is 19.3 Å². The topological polar surface area (TPSA) is 58.4 Å². The summed E-state index contributed by atoms with van der Waals surface area (Å²) < 4.78 is 0. The van der Waals surface area contributed by atoms with Gasteiger partial charge in [-0.3, -0.25) is 4.79 Å². The number of carbonyl (C=O) groups is 1. The largest absolute Gasteiger partial charge is 0.340 e. The summed E-state index contributed by atoms with van der Waals surface area (Å²) >= 11 is 0. The second kappa shape index (κ2) is 3.64. The molecule has 4 heteroatoms. The standard InChI is InChI=1S/C9H17N3O/c10-7-3-5-12(6-7)9(13)8-2-1-4-11-8/h7-8,11H,1-6,10H2/t7-,8-/m0/s1. The molecule has 2 fully saturated rings. The summed E-state index contributed by atoms with van der Waals surface area (Å²) in [4.78, 5) is 13.7. The molecule has 0 saturated carbocycles. The van der Waals surface area contributed by atoms with E-state index in [4.69, 9.17) is 5.73 Å². The third-order valence-electron chi connectivity index (χ3n) is 2.89. The Kier molecular flexibility index (Phi) is 2.51. The molecule has 0 radical (unpaired) electrons. The minimum Gasteiger partial charge on any atom is -0.340 e. The Balaban J connectivity index is 1.89. The van der Waals surface area contributed by atoms with Gasteiger partial charge in [-0.1, -0.05) is 0 Å². The maximum atomic E-state index is 11.8. The zero-order valence-corrected chi connectivity index (χ0v) is 7.83. The zero-order valence-electron chi connectivity index (χ0n) is 7.83. The molecule has 0 aliphatic carbocycles. The van der Waals surface area contributed by atoms with Crippen molar-refractivity contribution in [3.63, 3.8) is 0 Å². The number of carbonyl (C=O) groups excluding carboxylic acids is 1. The molecule has 0 unspecified atom stereocenters. The van der Waals surface area contributed by atoms with Gasteiger partial charge in [-0.05, 0) is 25.8 Å². The first-order valence-corrected chi connectivity index (χ1v) is 5.05. The van der Waals surface area contributed by atoms with Gasteiger partial charge in [0.05, 0.1) is 6.04 Å². The Bertz CT molecular complexity index is 201. The summed E-state index contributed by atoms with van der Waals surface area (Å²) in [6.45, 7) is 2.57. The first-order valence-electron chi connectivity index (χ1n) is 5.05. The van der Waals surface area contributed by atoms with Gasteiger partial charge in [-0.25, -0.2) is 0 Å². The second-order valence-electron chi connectivity index (χ2n) is 3.98. The van der Waals surface area contributed by atoms with Gasteiger partial charge in [0, 0.05) is 19.1 Å². The molecule has 2 heterocycles. The van der Waals surface area contributed by atoms with E-state index in [0.717, 1.165) is 38.9 Å². The maximum Gasteiger partial charge on any atom is 0.239 e. The minimum absolute atomic E-state index is 0.0744. The SMILES string of the molecule is N[C@H]1CCN(C(=O)[C@@H]2CCCN2)C1. The maximum absolute atomic E-state index is 11.8. The number of nitrogens with two attached hydrogens (primary N) is 1. The lowest BCUT2D eigenvalue weighted by atomic mass is 10.2. The van der Waals surface area contributed by atoms with Gasteiger partial charge < -0.3 is 16.0 Å². The summed E-state index contributed by atoms with van der Waals surface area (Å²) in [5, 5.41) is 3.22. The summed E-state index contributed by atoms with van der Waals surface area (Å²) in [5.41, 5.74) is 5.75. The van der Waals surface area contributed by atoms with Gasteiger partial charge in [-0.15, -0.1) is 0 Å². The average Bonchev–Trinajstić information content (AvgIpc) is 2.72. The number of hydrogen-bond donors (Lipinski definition) is 2. The second-order valence-corrected chi connectivity index (χ2v) is 3.98. The molecule has 2 saturated heterocycles. The summed E-state index contributed by atoms with van der Waals surface area (Å²) in [5.74, 6) is 0.255. The highest BCUT2D eigenvalue weighted by molar-refractivity contribution is 5.82. The first kappa shape index (κ1) is 8.97. The predicted molar refractivity (Wildman–Crippen MR) is 50.2 cm³/mol. The normalized spacial score (nSPS) is 34.1. The number of nitrogens with one attached hydrogen (secondary N) is 1. The van der Waals surface area contributed by atoms with Crippen LogP contribution in [0.3, 0.4) is 0 Å². The fraction of sp³-hybridized carbons (Fsp3) is 0.889. The van der Waals surface area contributed by atoms with E-state index in [-0.39, 0.29) is 18.0 Å². The van der Waals surface area contributed by atoms with Crippen molar-refractivity contribution in [3.05, 3.63) is 0 Å². The van der Waals surface area contributed by atoms with Crippen molar-refractivity contribution >= 4 is 5.91 Å². The minimum atomic E-state index is 0.0744. The van der Waals surface area contributed by atoms with Crippen molar-refractivity contribution in [3.8, 4) is 0 Å². The molecule has 0 aromatic heterocycles. The molecule has 1 amide bonds. The Labute approximate surface area is 78.5 Å². The Morgan fingerprint density at radius 3 is 2.85 bits per heavy atom. The van der Waals surface area contributed by atoms with Crippen LogP contribution in [0.5, 0.6) is 0 Å². The van der Waals surface area contributed by atoms with E-state index in [0.29, 0.717) is 0 Å². The van der Waals surface area contributed by atoms with Crippen LogP contribution < -0.4 is 11.1 Å². The molecule has 13 heavy (non-hydrogen) atoms. The van der Waals surface area contributed by atoms with E-state index in [9.17, 15) is 4.79 Å². The van der Waals surface area contributed by atoms with E-state index in [1.807, 2.05) is 4.90 Å². The fourth-order valence-corrected chi connectivity index (χ4v) is 2.10. The number of amides is 1. The van der Waals surface area contributed by atoms with Crippen molar-refractivity contribution in [2.24, 2.45) is 5.73 Å². The monoisotopic (exact) mass is 183 g/mol. The summed E-state index contributed by atoms with van der Waals surface area (Å²) in [6, 6.07) is 0.274. The highest BCUT2D eigenvalue weighted by Gasteiger charge is 2.30. The van der Waals surface area contributed by atoms with Crippen molar-refractivity contribution in [1.29, 1.82) is 0 Å². The van der Waals surface area contributed by atoms with Gasteiger partial charge in [0.25, 0.3) is 0 Å². The van der Waals surface area contributed by atoms with E-state index >= 15 is 0 Å². The Morgan fingerprint density at radius 2 is 2.31 bits per heavy atom. The van der Waals surface area contributed by atoms with Crippen LogP contribution in [0.2, 0.25) is 0 Å². The van der Waals surface area contributed by atoms with E-state index in [1.165, 1.54) is 0 Å². The molecule has 2 aliphatic rings. The lowest BCUT2D eigenvalue weighted by Gasteiger charge is -2.19. The third kappa shape index (κ3) is 1.84. The molecule has 3 N–H and O–H groups in total. The number of hydrogen-bond acceptors (Lipinski definition) is 3. The molecule has 2 rings (SSSR count). The van der Waals surface area contributed by atoms with Gasteiger partial charge in [0.2, 0.25) is 5.91 Å². The molecule has 2 aliphatic heterocycles. The highest BCUT2D eigenvalue weighted by atomic mass is 16.2. The van der Waals surface area contributed by atoms with E-state index in [2.05, 4.69) is 5.32 Å². The fourth-order valence-electron chi connectivity index (χ4n) is 2.10. The van der Waals surface area contributed by atoms with Crippen LogP contribution in [-0.4, -0.2) is 42.5 Å². The van der Waals surface area contributed by atoms with Crippen LogP contribution >= 0.6 is 0 Å². The van der Waals surface area contributed by atoms with Crippen molar-refractivity contribution in [2.45, 2.75) is 31.3 Å². The van der Waals surface area contributed by atoms with E-state index < -0.39 is 0 Å². The van der Waals surface area contributed by atoms with E-state index in [1.54, 1.807) is 0 Å². The Morgan fingerprint density at radius 1 is 1.46 bits per heavy atom. The van der Waals surface area contributed by atoms with Crippen LogP contribution in [0, 0.1) is 0 Å². The molecule has 0 aromatic rings. The van der Waals surface area contributed by atoms with Gasteiger partial charge in [0.1, 0.15) is 0 Å². The first-order chi connectivity index (χ1) is 6.27. The molecule has 4 nitrogen and oxygen atoms in total. The van der Waals surface area contributed by atoms with Crippen molar-refractivity contribution in [2.75, 3.05) is 19.6 Å². The van der Waals surface area contributed by atoms with Gasteiger partial charge in [-0.2, -0.15) is 0 Å². The van der Waals surface area contributed by atoms with Gasteiger partial charge >= 0.3 is 0 Å². The smallest absolute Gasteiger partial charge is 0.239 e. The van der Waals surface area contributed by atoms with Crippen molar-refractivity contribution < 1.29 is 4.79 Å². The highest BCUT2D eigenvalue weighted by Crippen LogP contribution is 2.13. The quantitative estimate of drug-likeness (QED) is 0.565. The lowest BCUT2D eigenvalue weighted by molar-refractivity contribution is -0.132. The molecular formula is C9H17N3O. The summed E-state index contributed by atoms with van der Waals surface area (Å²) in [6.07, 6.45) is 3.07. The van der Waals surface area contributed by atoms with Crippen LogP contribution in [0.25, 0.3) is 0 Å². The van der Waals surface area contributed by atoms with Gasteiger partial charge in [0.15, 0.2) is 0 Å². The third-order valence-corrected chi connectivity index (χ3v) is 2.89. The van der Waals surface area contributed by atoms with Crippen molar-refractivity contribution in [1.82, 2.24) is 10.2 Å².